The van der Waals surface area contributed by atoms with Gasteiger partial charge in [0.2, 0.25) is 10.0 Å². The third-order valence-corrected chi connectivity index (χ3v) is 5.26. The molecule has 1 aromatic heterocycles. The fourth-order valence-electron chi connectivity index (χ4n) is 3.10. The van der Waals surface area contributed by atoms with Gasteiger partial charge in [-0.1, -0.05) is 32.0 Å². The largest absolute Gasteiger partial charge is 0.340 e. The zero-order chi connectivity index (χ0) is 21.6. The molecule has 3 aromatic rings. The minimum atomic E-state index is -3.29. The van der Waals surface area contributed by atoms with Crippen LogP contribution in [-0.4, -0.2) is 42.6 Å². The van der Waals surface area contributed by atoms with Crippen molar-refractivity contribution in [3.8, 4) is 11.3 Å². The van der Waals surface area contributed by atoms with Crippen molar-refractivity contribution in [1.29, 1.82) is 0 Å². The van der Waals surface area contributed by atoms with Crippen LogP contribution in [0.5, 0.6) is 0 Å². The number of anilines is 3. The van der Waals surface area contributed by atoms with E-state index in [1.807, 2.05) is 12.1 Å². The van der Waals surface area contributed by atoms with Crippen LogP contribution in [0.15, 0.2) is 60.9 Å². The number of sulfonamides is 1. The number of aromatic nitrogens is 2. The van der Waals surface area contributed by atoms with E-state index in [1.165, 1.54) is 11.9 Å². The molecule has 0 unspecified atom stereocenters. The Morgan fingerprint density at radius 2 is 1.63 bits per heavy atom. The third-order valence-electron chi connectivity index (χ3n) is 4.65. The quantitative estimate of drug-likeness (QED) is 0.537. The molecule has 0 bridgehead atoms. The van der Waals surface area contributed by atoms with Gasteiger partial charge < -0.3 is 5.32 Å². The summed E-state index contributed by atoms with van der Waals surface area (Å²) in [6.45, 7) is 7.27. The summed E-state index contributed by atoms with van der Waals surface area (Å²) in [5, 5.41) is 3.23. The van der Waals surface area contributed by atoms with Gasteiger partial charge >= 0.3 is 0 Å². The summed E-state index contributed by atoms with van der Waals surface area (Å²) in [6, 6.07) is 17.3. The molecule has 1 heterocycles. The maximum atomic E-state index is 11.3. The molecule has 3 rings (SSSR count). The summed E-state index contributed by atoms with van der Waals surface area (Å²) in [5.74, 6) is 0.665. The van der Waals surface area contributed by atoms with E-state index in [2.05, 4.69) is 57.0 Å². The van der Waals surface area contributed by atoms with Crippen molar-refractivity contribution in [2.75, 3.05) is 29.4 Å². The monoisotopic (exact) mass is 425 g/mol. The van der Waals surface area contributed by atoms with Crippen molar-refractivity contribution in [2.45, 2.75) is 20.4 Å². The van der Waals surface area contributed by atoms with E-state index < -0.39 is 10.0 Å². The molecular formula is C22H27N5O2S. The summed E-state index contributed by atoms with van der Waals surface area (Å²) in [6.07, 6.45) is 2.66. The highest BCUT2D eigenvalue weighted by Crippen LogP contribution is 2.23. The van der Waals surface area contributed by atoms with Gasteiger partial charge in [-0.2, -0.15) is 0 Å². The van der Waals surface area contributed by atoms with Gasteiger partial charge in [0.1, 0.15) is 12.1 Å². The van der Waals surface area contributed by atoms with Crippen molar-refractivity contribution in [3.05, 3.63) is 66.5 Å². The minimum Gasteiger partial charge on any atom is -0.340 e. The maximum Gasteiger partial charge on any atom is 0.229 e. The van der Waals surface area contributed by atoms with Crippen LogP contribution in [0.2, 0.25) is 0 Å². The molecule has 0 atom stereocenters. The highest BCUT2D eigenvalue weighted by molar-refractivity contribution is 7.92. The zero-order valence-electron chi connectivity index (χ0n) is 17.5. The highest BCUT2D eigenvalue weighted by atomic mass is 32.2. The van der Waals surface area contributed by atoms with Crippen LogP contribution in [0.3, 0.4) is 0 Å². The Morgan fingerprint density at radius 3 is 2.30 bits per heavy atom. The smallest absolute Gasteiger partial charge is 0.229 e. The molecule has 2 aromatic carbocycles. The Bertz CT molecular complexity index is 1080. The van der Waals surface area contributed by atoms with E-state index in [1.54, 1.807) is 24.3 Å². The Morgan fingerprint density at radius 1 is 0.933 bits per heavy atom. The average Bonchev–Trinajstić information content (AvgIpc) is 2.73. The van der Waals surface area contributed by atoms with Gasteiger partial charge in [0, 0.05) is 29.5 Å². The molecule has 0 saturated heterocycles. The normalized spacial score (nSPS) is 11.5. The molecule has 2 N–H and O–H groups in total. The topological polar surface area (TPSA) is 87.2 Å². The highest BCUT2D eigenvalue weighted by Gasteiger charge is 2.07. The van der Waals surface area contributed by atoms with Gasteiger partial charge in [-0.25, -0.2) is 18.4 Å². The molecule has 30 heavy (non-hydrogen) atoms. The van der Waals surface area contributed by atoms with E-state index in [4.69, 9.17) is 0 Å². The molecule has 0 spiro atoms. The minimum absolute atomic E-state index is 0.511. The molecule has 0 radical (unpaired) electrons. The van der Waals surface area contributed by atoms with Crippen LogP contribution in [0.4, 0.5) is 17.2 Å². The molecule has 0 fully saturated rings. The molecule has 0 aliphatic heterocycles. The van der Waals surface area contributed by atoms with Crippen molar-refractivity contribution in [3.63, 3.8) is 0 Å². The van der Waals surface area contributed by atoms with Crippen LogP contribution in [0.1, 0.15) is 19.4 Å². The Balaban J connectivity index is 1.75. The van der Waals surface area contributed by atoms with Crippen LogP contribution < -0.4 is 10.0 Å². The van der Waals surface area contributed by atoms with Crippen LogP contribution in [0, 0.1) is 0 Å². The Hall–Kier alpha value is -2.97. The molecule has 0 aliphatic rings. The summed E-state index contributed by atoms with van der Waals surface area (Å²) < 4.78 is 25.1. The van der Waals surface area contributed by atoms with E-state index in [-0.39, 0.29) is 0 Å². The van der Waals surface area contributed by atoms with Gasteiger partial charge in [0.15, 0.2) is 0 Å². The summed E-state index contributed by atoms with van der Waals surface area (Å²) in [7, 11) is -3.29. The molecule has 8 heteroatoms. The van der Waals surface area contributed by atoms with Crippen molar-refractivity contribution in [2.24, 2.45) is 0 Å². The number of nitrogens with one attached hydrogen (secondary N) is 2. The standard InChI is InChI=1S/C22H27N5O2S/c1-4-27(5-2)15-17-7-6-8-18(13-17)21-14-22(24-16-23-21)25-19-9-11-20(12-10-19)26-30(3,28)29/h6-14,16,26H,4-5,15H2,1-3H3,(H,23,24,25). The third kappa shape index (κ3) is 6.27. The first-order valence-electron chi connectivity index (χ1n) is 9.85. The predicted octanol–water partition coefficient (Wildman–Crippen LogP) is 4.10. The van der Waals surface area contributed by atoms with Gasteiger partial charge in [-0.05, 0) is 49.0 Å². The summed E-state index contributed by atoms with van der Waals surface area (Å²) in [4.78, 5) is 11.1. The molecule has 0 saturated carbocycles. The van der Waals surface area contributed by atoms with E-state index in [0.717, 1.165) is 42.8 Å². The summed E-state index contributed by atoms with van der Waals surface area (Å²) >= 11 is 0. The number of benzene rings is 2. The molecule has 7 nitrogen and oxygen atoms in total. The van der Waals surface area contributed by atoms with Crippen LogP contribution >= 0.6 is 0 Å². The first kappa shape index (κ1) is 21.7. The second-order valence-corrected chi connectivity index (χ2v) is 8.78. The Labute approximate surface area is 178 Å². The molecule has 0 amide bonds. The molecular weight excluding hydrogens is 398 g/mol. The maximum absolute atomic E-state index is 11.3. The number of rotatable bonds is 9. The van der Waals surface area contributed by atoms with Gasteiger partial charge in [-0.3, -0.25) is 9.62 Å². The first-order chi connectivity index (χ1) is 14.4. The lowest BCUT2D eigenvalue weighted by Gasteiger charge is -2.18. The molecule has 158 valence electrons. The molecule has 0 aliphatic carbocycles. The predicted molar refractivity (Wildman–Crippen MR) is 122 cm³/mol. The van der Waals surface area contributed by atoms with Crippen LogP contribution in [0.25, 0.3) is 11.3 Å². The fourth-order valence-corrected chi connectivity index (χ4v) is 3.67. The lowest BCUT2D eigenvalue weighted by Crippen LogP contribution is -2.22. The second kappa shape index (κ2) is 9.69. The average molecular weight is 426 g/mol. The van der Waals surface area contributed by atoms with E-state index in [0.29, 0.717) is 11.5 Å². The SMILES string of the molecule is CCN(CC)Cc1cccc(-c2cc(Nc3ccc(NS(C)(=O)=O)cc3)ncn2)c1. The van der Waals surface area contributed by atoms with Gasteiger partial charge in [-0.15, -0.1) is 0 Å². The second-order valence-electron chi connectivity index (χ2n) is 7.03. The fraction of sp³-hybridized carbons (Fsp3) is 0.273. The van der Waals surface area contributed by atoms with Gasteiger partial charge in [0.05, 0.1) is 11.9 Å². The van der Waals surface area contributed by atoms with Gasteiger partial charge in [0.25, 0.3) is 0 Å². The van der Waals surface area contributed by atoms with Crippen molar-refractivity contribution < 1.29 is 8.42 Å². The number of hydrogen-bond acceptors (Lipinski definition) is 6. The lowest BCUT2D eigenvalue weighted by molar-refractivity contribution is 0.296. The number of nitrogens with zero attached hydrogens (tertiary/aromatic N) is 3. The van der Waals surface area contributed by atoms with Crippen molar-refractivity contribution in [1.82, 2.24) is 14.9 Å². The lowest BCUT2D eigenvalue weighted by atomic mass is 10.1. The van der Waals surface area contributed by atoms with Crippen molar-refractivity contribution >= 4 is 27.2 Å². The number of hydrogen-bond donors (Lipinski definition) is 2. The Kier molecular flexibility index (Phi) is 7.02. The van der Waals surface area contributed by atoms with E-state index in [9.17, 15) is 8.42 Å². The summed E-state index contributed by atoms with van der Waals surface area (Å²) in [5.41, 5.74) is 4.44. The zero-order valence-corrected chi connectivity index (χ0v) is 18.3. The van der Waals surface area contributed by atoms with Crippen LogP contribution in [-0.2, 0) is 16.6 Å². The first-order valence-corrected chi connectivity index (χ1v) is 11.7. The van der Waals surface area contributed by atoms with E-state index >= 15 is 0 Å².